The molecule has 3 heterocycles. The van der Waals surface area contributed by atoms with Gasteiger partial charge in [-0.3, -0.25) is 19.9 Å². The smallest absolute Gasteiger partial charge is 0.273 e. The van der Waals surface area contributed by atoms with Gasteiger partial charge in [-0.15, -0.1) is 0 Å². The molecule has 0 aliphatic carbocycles. The molecule has 0 atom stereocenters. The van der Waals surface area contributed by atoms with Gasteiger partial charge in [0.05, 0.1) is 11.9 Å². The molecule has 0 aliphatic rings. The van der Waals surface area contributed by atoms with E-state index >= 15 is 0 Å². The molecule has 0 radical (unpaired) electrons. The molecule has 118 valence electrons. The molecular weight excluding hydrogens is 326 g/mol. The number of aryl methyl sites for hydroxylation is 1. The van der Waals surface area contributed by atoms with Gasteiger partial charge in [-0.25, -0.2) is 9.50 Å². The number of hydrogen-bond donors (Lipinski definition) is 1. The molecule has 0 bridgehead atoms. The van der Waals surface area contributed by atoms with Crippen LogP contribution in [0, 0.1) is 6.92 Å². The summed E-state index contributed by atoms with van der Waals surface area (Å²) in [5.74, 6) is 0. The third kappa shape index (κ3) is 2.37. The van der Waals surface area contributed by atoms with Crippen LogP contribution in [0.5, 0.6) is 0 Å². The standard InChI is InChI=1S/C17H12ClN5O/c1-10-16(11-2-4-12(18)5-3-11)17-21-13(8-15(24)23(17)22-10)14-9-19-6-7-20-14/h2-9,22H,1H3. The van der Waals surface area contributed by atoms with Crippen LogP contribution < -0.4 is 5.56 Å². The topological polar surface area (TPSA) is 75.9 Å². The zero-order valence-electron chi connectivity index (χ0n) is 12.7. The van der Waals surface area contributed by atoms with Gasteiger partial charge in [-0.1, -0.05) is 23.7 Å². The van der Waals surface area contributed by atoms with E-state index in [1.807, 2.05) is 31.2 Å². The molecule has 24 heavy (non-hydrogen) atoms. The second-order valence-corrected chi connectivity index (χ2v) is 5.78. The Bertz CT molecular complexity index is 1080. The minimum Gasteiger partial charge on any atom is -0.293 e. The van der Waals surface area contributed by atoms with Crippen molar-refractivity contribution >= 4 is 17.2 Å². The summed E-state index contributed by atoms with van der Waals surface area (Å²) in [5, 5.41) is 3.71. The molecule has 0 saturated heterocycles. The number of halogens is 1. The Kier molecular flexibility index (Phi) is 3.39. The Morgan fingerprint density at radius 2 is 1.92 bits per heavy atom. The lowest BCUT2D eigenvalue weighted by Crippen LogP contribution is -2.14. The third-order valence-electron chi connectivity index (χ3n) is 3.76. The molecule has 0 fully saturated rings. The lowest BCUT2D eigenvalue weighted by atomic mass is 10.1. The highest BCUT2D eigenvalue weighted by Gasteiger charge is 2.15. The van der Waals surface area contributed by atoms with Crippen molar-refractivity contribution in [2.24, 2.45) is 0 Å². The summed E-state index contributed by atoms with van der Waals surface area (Å²) in [6.07, 6.45) is 4.73. The molecular formula is C17H12ClN5O. The number of aromatic nitrogens is 5. The van der Waals surface area contributed by atoms with Gasteiger partial charge in [0, 0.05) is 34.7 Å². The minimum absolute atomic E-state index is 0.205. The summed E-state index contributed by atoms with van der Waals surface area (Å²) >= 11 is 5.97. The van der Waals surface area contributed by atoms with Gasteiger partial charge in [0.15, 0.2) is 5.65 Å². The first kappa shape index (κ1) is 14.6. The number of hydrogen-bond acceptors (Lipinski definition) is 4. The van der Waals surface area contributed by atoms with Gasteiger partial charge in [0.2, 0.25) is 0 Å². The van der Waals surface area contributed by atoms with E-state index < -0.39 is 0 Å². The van der Waals surface area contributed by atoms with Gasteiger partial charge in [0.25, 0.3) is 5.56 Å². The average Bonchev–Trinajstić information content (AvgIpc) is 2.93. The summed E-state index contributed by atoms with van der Waals surface area (Å²) in [4.78, 5) is 25.3. The van der Waals surface area contributed by atoms with E-state index in [0.717, 1.165) is 16.8 Å². The maximum absolute atomic E-state index is 12.4. The van der Waals surface area contributed by atoms with Crippen LogP contribution in [0.2, 0.25) is 5.02 Å². The van der Waals surface area contributed by atoms with Crippen molar-refractivity contribution in [2.45, 2.75) is 6.92 Å². The van der Waals surface area contributed by atoms with Gasteiger partial charge < -0.3 is 0 Å². The Morgan fingerprint density at radius 3 is 2.62 bits per heavy atom. The second-order valence-electron chi connectivity index (χ2n) is 5.35. The monoisotopic (exact) mass is 337 g/mol. The van der Waals surface area contributed by atoms with Crippen molar-refractivity contribution in [3.05, 3.63) is 70.0 Å². The van der Waals surface area contributed by atoms with Crippen molar-refractivity contribution in [1.29, 1.82) is 0 Å². The molecule has 0 saturated carbocycles. The van der Waals surface area contributed by atoms with Crippen LogP contribution >= 0.6 is 11.6 Å². The van der Waals surface area contributed by atoms with E-state index in [2.05, 4.69) is 20.1 Å². The maximum Gasteiger partial charge on any atom is 0.273 e. The van der Waals surface area contributed by atoms with E-state index in [1.54, 1.807) is 18.6 Å². The number of rotatable bonds is 2. The molecule has 0 amide bonds. The molecule has 3 aromatic heterocycles. The van der Waals surface area contributed by atoms with E-state index in [0.29, 0.717) is 22.1 Å². The van der Waals surface area contributed by atoms with Crippen LogP contribution in [0.4, 0.5) is 0 Å². The summed E-state index contributed by atoms with van der Waals surface area (Å²) in [6, 6.07) is 8.87. The molecule has 4 aromatic rings. The Morgan fingerprint density at radius 1 is 1.12 bits per heavy atom. The first-order valence-electron chi connectivity index (χ1n) is 7.28. The molecule has 1 aromatic carbocycles. The summed E-state index contributed by atoms with van der Waals surface area (Å²) in [5.41, 5.74) is 4.01. The largest absolute Gasteiger partial charge is 0.293 e. The zero-order chi connectivity index (χ0) is 16.7. The Hall–Kier alpha value is -2.99. The number of aromatic amines is 1. The molecule has 0 aliphatic heterocycles. The number of fused-ring (bicyclic) bond motifs is 1. The molecule has 7 heteroatoms. The number of H-pyrrole nitrogens is 1. The number of nitrogens with one attached hydrogen (secondary N) is 1. The molecule has 6 nitrogen and oxygen atoms in total. The normalized spacial score (nSPS) is 11.1. The summed E-state index contributed by atoms with van der Waals surface area (Å²) in [7, 11) is 0. The predicted molar refractivity (Wildman–Crippen MR) is 92.0 cm³/mol. The van der Waals surface area contributed by atoms with E-state index in [1.165, 1.54) is 10.6 Å². The SMILES string of the molecule is Cc1[nH]n2c(=O)cc(-c3cnccn3)nc2c1-c1ccc(Cl)cc1. The fraction of sp³-hybridized carbons (Fsp3) is 0.0588. The zero-order valence-corrected chi connectivity index (χ0v) is 13.4. The second kappa shape index (κ2) is 5.58. The minimum atomic E-state index is -0.205. The van der Waals surface area contributed by atoms with Crippen molar-refractivity contribution < 1.29 is 0 Å². The Balaban J connectivity index is 2.01. The highest BCUT2D eigenvalue weighted by atomic mass is 35.5. The van der Waals surface area contributed by atoms with Gasteiger partial charge in [0.1, 0.15) is 5.69 Å². The Labute approximate surface area is 141 Å². The van der Waals surface area contributed by atoms with Crippen LogP contribution in [0.1, 0.15) is 5.69 Å². The van der Waals surface area contributed by atoms with E-state index in [-0.39, 0.29) is 5.56 Å². The van der Waals surface area contributed by atoms with Crippen molar-refractivity contribution in [3.8, 4) is 22.5 Å². The summed E-state index contributed by atoms with van der Waals surface area (Å²) in [6.45, 7) is 1.90. The highest BCUT2D eigenvalue weighted by Crippen LogP contribution is 2.28. The van der Waals surface area contributed by atoms with E-state index in [4.69, 9.17) is 11.6 Å². The first-order valence-corrected chi connectivity index (χ1v) is 7.66. The van der Waals surface area contributed by atoms with Crippen LogP contribution in [0.25, 0.3) is 28.2 Å². The molecule has 0 spiro atoms. The highest BCUT2D eigenvalue weighted by molar-refractivity contribution is 6.30. The molecule has 4 rings (SSSR count). The van der Waals surface area contributed by atoms with Crippen molar-refractivity contribution in [2.75, 3.05) is 0 Å². The van der Waals surface area contributed by atoms with Gasteiger partial charge in [-0.2, -0.15) is 0 Å². The van der Waals surface area contributed by atoms with Gasteiger partial charge >= 0.3 is 0 Å². The molecule has 0 unspecified atom stereocenters. The number of benzene rings is 1. The quantitative estimate of drug-likeness (QED) is 0.609. The fourth-order valence-electron chi connectivity index (χ4n) is 2.67. The first-order chi connectivity index (χ1) is 11.6. The van der Waals surface area contributed by atoms with Crippen molar-refractivity contribution in [3.63, 3.8) is 0 Å². The lowest BCUT2D eigenvalue weighted by Gasteiger charge is -2.03. The van der Waals surface area contributed by atoms with Crippen LogP contribution in [-0.4, -0.2) is 24.6 Å². The van der Waals surface area contributed by atoms with Crippen molar-refractivity contribution in [1.82, 2.24) is 24.6 Å². The predicted octanol–water partition coefficient (Wildman–Crippen LogP) is 3.11. The summed E-state index contributed by atoms with van der Waals surface area (Å²) < 4.78 is 1.43. The van der Waals surface area contributed by atoms with Crippen LogP contribution in [-0.2, 0) is 0 Å². The maximum atomic E-state index is 12.4. The fourth-order valence-corrected chi connectivity index (χ4v) is 2.80. The van der Waals surface area contributed by atoms with Crippen LogP contribution in [0.3, 0.4) is 0 Å². The molecule has 1 N–H and O–H groups in total. The van der Waals surface area contributed by atoms with E-state index in [9.17, 15) is 4.79 Å². The average molecular weight is 338 g/mol. The lowest BCUT2D eigenvalue weighted by molar-refractivity contribution is 0.881. The van der Waals surface area contributed by atoms with Crippen LogP contribution in [0.15, 0.2) is 53.7 Å². The third-order valence-corrected chi connectivity index (χ3v) is 4.01. The number of nitrogens with zero attached hydrogens (tertiary/aromatic N) is 4. The van der Waals surface area contributed by atoms with Gasteiger partial charge in [-0.05, 0) is 24.6 Å².